The van der Waals surface area contributed by atoms with Crippen molar-refractivity contribution in [3.63, 3.8) is 0 Å². The number of esters is 1. The first-order valence-corrected chi connectivity index (χ1v) is 8.43. The molecule has 0 unspecified atom stereocenters. The average molecular weight is 376 g/mol. The van der Waals surface area contributed by atoms with Crippen molar-refractivity contribution in [3.8, 4) is 11.5 Å². The van der Waals surface area contributed by atoms with Gasteiger partial charge in [0, 0.05) is 5.56 Å². The van der Waals surface area contributed by atoms with Gasteiger partial charge in [-0.1, -0.05) is 12.1 Å². The minimum Gasteiger partial charge on any atom is -0.493 e. The second-order valence-electron chi connectivity index (χ2n) is 6.08. The molecule has 0 radical (unpaired) electrons. The predicted molar refractivity (Wildman–Crippen MR) is 92.7 cm³/mol. The molecule has 1 aliphatic rings. The van der Waals surface area contributed by atoms with Gasteiger partial charge in [0.15, 0.2) is 23.9 Å². The van der Waals surface area contributed by atoms with Crippen molar-refractivity contribution in [1.82, 2.24) is 0 Å². The van der Waals surface area contributed by atoms with E-state index in [1.54, 1.807) is 6.07 Å². The summed E-state index contributed by atoms with van der Waals surface area (Å²) in [5.74, 6) is -1.29. The number of hydrogen-bond acceptors (Lipinski definition) is 5. The number of halogens is 2. The number of ketones is 1. The van der Waals surface area contributed by atoms with E-state index in [1.807, 2.05) is 12.1 Å². The second kappa shape index (κ2) is 8.16. The Kier molecular flexibility index (Phi) is 5.69. The molecule has 3 rings (SSSR count). The lowest BCUT2D eigenvalue weighted by molar-refractivity contribution is -0.0512. The average Bonchev–Trinajstić information content (AvgIpc) is 3.13. The number of aryl methyl sites for hydroxylation is 2. The Labute approximate surface area is 154 Å². The van der Waals surface area contributed by atoms with Crippen LogP contribution in [-0.4, -0.2) is 32.1 Å². The summed E-state index contributed by atoms with van der Waals surface area (Å²) in [5, 5.41) is 0. The Morgan fingerprint density at radius 3 is 2.48 bits per heavy atom. The van der Waals surface area contributed by atoms with Crippen LogP contribution in [0.4, 0.5) is 8.78 Å². The zero-order valence-electron chi connectivity index (χ0n) is 14.7. The number of carbonyl (C=O) groups is 2. The minimum absolute atomic E-state index is 0.0327. The molecule has 0 aromatic heterocycles. The summed E-state index contributed by atoms with van der Waals surface area (Å²) < 4.78 is 39.0. The third kappa shape index (κ3) is 4.42. The maximum absolute atomic E-state index is 12.3. The first-order chi connectivity index (χ1) is 13.0. The van der Waals surface area contributed by atoms with Gasteiger partial charge >= 0.3 is 12.6 Å². The maximum Gasteiger partial charge on any atom is 0.387 e. The molecule has 5 nitrogen and oxygen atoms in total. The lowest BCUT2D eigenvalue weighted by atomic mass is 10.0. The first kappa shape index (κ1) is 18.8. The largest absolute Gasteiger partial charge is 0.493 e. The van der Waals surface area contributed by atoms with Gasteiger partial charge in [-0.3, -0.25) is 4.79 Å². The van der Waals surface area contributed by atoms with E-state index in [0.29, 0.717) is 5.56 Å². The highest BCUT2D eigenvalue weighted by atomic mass is 19.3. The van der Waals surface area contributed by atoms with Crippen LogP contribution in [-0.2, 0) is 17.6 Å². The highest BCUT2D eigenvalue weighted by Crippen LogP contribution is 2.29. The van der Waals surface area contributed by atoms with Crippen LogP contribution in [0.2, 0.25) is 0 Å². The fourth-order valence-electron chi connectivity index (χ4n) is 3.03. The van der Waals surface area contributed by atoms with Gasteiger partial charge in [0.1, 0.15) is 0 Å². The van der Waals surface area contributed by atoms with Crippen molar-refractivity contribution < 1.29 is 32.6 Å². The first-order valence-electron chi connectivity index (χ1n) is 8.43. The lowest BCUT2D eigenvalue weighted by Gasteiger charge is -2.11. The molecule has 0 atom stereocenters. The quantitative estimate of drug-likeness (QED) is 0.543. The number of rotatable bonds is 7. The van der Waals surface area contributed by atoms with Gasteiger partial charge in [0.25, 0.3) is 0 Å². The molecule has 2 aromatic carbocycles. The van der Waals surface area contributed by atoms with E-state index < -0.39 is 19.2 Å². The molecule has 0 N–H and O–H groups in total. The van der Waals surface area contributed by atoms with Crippen molar-refractivity contribution in [2.75, 3.05) is 13.7 Å². The summed E-state index contributed by atoms with van der Waals surface area (Å²) in [6, 6.07) is 9.19. The van der Waals surface area contributed by atoms with E-state index >= 15 is 0 Å². The van der Waals surface area contributed by atoms with Crippen LogP contribution in [0, 0.1) is 0 Å². The molecule has 0 fully saturated rings. The van der Waals surface area contributed by atoms with Crippen LogP contribution >= 0.6 is 0 Å². The molecule has 0 saturated heterocycles. The number of ether oxygens (including phenoxy) is 3. The highest BCUT2D eigenvalue weighted by Gasteiger charge is 2.18. The van der Waals surface area contributed by atoms with E-state index in [9.17, 15) is 18.4 Å². The van der Waals surface area contributed by atoms with Crippen LogP contribution in [0.5, 0.6) is 11.5 Å². The van der Waals surface area contributed by atoms with Gasteiger partial charge < -0.3 is 14.2 Å². The van der Waals surface area contributed by atoms with E-state index in [2.05, 4.69) is 4.74 Å². The summed E-state index contributed by atoms with van der Waals surface area (Å²) in [5.41, 5.74) is 2.98. The van der Waals surface area contributed by atoms with E-state index in [1.165, 1.54) is 30.9 Å². The molecule has 142 valence electrons. The van der Waals surface area contributed by atoms with Gasteiger partial charge in [-0.25, -0.2) is 4.79 Å². The molecule has 7 heteroatoms. The van der Waals surface area contributed by atoms with Crippen LogP contribution in [0.25, 0.3) is 0 Å². The smallest absolute Gasteiger partial charge is 0.387 e. The molecule has 0 saturated carbocycles. The van der Waals surface area contributed by atoms with Gasteiger partial charge in [-0.15, -0.1) is 0 Å². The van der Waals surface area contributed by atoms with Gasteiger partial charge in [-0.05, 0) is 54.7 Å². The fraction of sp³-hybridized carbons (Fsp3) is 0.300. The summed E-state index contributed by atoms with van der Waals surface area (Å²) >= 11 is 0. The normalized spacial score (nSPS) is 12.6. The fourth-order valence-corrected chi connectivity index (χ4v) is 3.03. The van der Waals surface area contributed by atoms with E-state index in [4.69, 9.17) is 9.47 Å². The van der Waals surface area contributed by atoms with Gasteiger partial charge in [0.2, 0.25) is 0 Å². The number of Topliss-reactive ketones (excluding diaryl/α,β-unsaturated/α-hetero) is 1. The molecular weight excluding hydrogens is 358 g/mol. The zero-order chi connectivity index (χ0) is 19.4. The molecule has 2 aromatic rings. The molecule has 0 amide bonds. The number of benzene rings is 2. The predicted octanol–water partition coefficient (Wildman–Crippen LogP) is 3.83. The number of carbonyl (C=O) groups excluding carboxylic acids is 2. The lowest BCUT2D eigenvalue weighted by Crippen LogP contribution is -2.15. The number of hydrogen-bond donors (Lipinski definition) is 0. The zero-order valence-corrected chi connectivity index (χ0v) is 14.7. The Bertz CT molecular complexity index is 863. The molecule has 0 aliphatic heterocycles. The maximum atomic E-state index is 12.3. The Hall–Kier alpha value is -2.96. The van der Waals surface area contributed by atoms with Crippen molar-refractivity contribution in [3.05, 3.63) is 58.7 Å². The molecule has 1 aliphatic carbocycles. The van der Waals surface area contributed by atoms with E-state index in [0.717, 1.165) is 24.8 Å². The second-order valence-corrected chi connectivity index (χ2v) is 6.08. The molecule has 0 spiro atoms. The number of fused-ring (bicyclic) bond motifs is 1. The van der Waals surface area contributed by atoms with E-state index in [-0.39, 0.29) is 22.8 Å². The SMILES string of the molecule is COc1cc(C(=O)OCC(=O)c2ccc3c(c2)CCC3)ccc1OC(F)F. The number of alkyl halides is 2. The summed E-state index contributed by atoms with van der Waals surface area (Å²) in [4.78, 5) is 24.4. The van der Waals surface area contributed by atoms with Crippen LogP contribution in [0.3, 0.4) is 0 Å². The van der Waals surface area contributed by atoms with Crippen molar-refractivity contribution in [2.45, 2.75) is 25.9 Å². The Morgan fingerprint density at radius 2 is 1.74 bits per heavy atom. The van der Waals surface area contributed by atoms with Crippen molar-refractivity contribution in [1.29, 1.82) is 0 Å². The van der Waals surface area contributed by atoms with Crippen LogP contribution < -0.4 is 9.47 Å². The summed E-state index contributed by atoms with van der Waals surface area (Å²) in [6.07, 6.45) is 3.05. The molecule has 0 bridgehead atoms. The third-order valence-electron chi connectivity index (χ3n) is 4.37. The Balaban J connectivity index is 1.64. The summed E-state index contributed by atoms with van der Waals surface area (Å²) in [6.45, 7) is -3.42. The molecule has 27 heavy (non-hydrogen) atoms. The van der Waals surface area contributed by atoms with Crippen LogP contribution in [0.15, 0.2) is 36.4 Å². The van der Waals surface area contributed by atoms with Gasteiger partial charge in [0.05, 0.1) is 12.7 Å². The van der Waals surface area contributed by atoms with Gasteiger partial charge in [-0.2, -0.15) is 8.78 Å². The van der Waals surface area contributed by atoms with Crippen molar-refractivity contribution in [2.24, 2.45) is 0 Å². The summed E-state index contributed by atoms with van der Waals surface area (Å²) in [7, 11) is 1.26. The Morgan fingerprint density at radius 1 is 1.00 bits per heavy atom. The highest BCUT2D eigenvalue weighted by molar-refractivity contribution is 5.99. The topological polar surface area (TPSA) is 61.8 Å². The monoisotopic (exact) mass is 376 g/mol. The standard InChI is InChI=1S/C20H18F2O5/c1-25-18-10-15(7-8-17(18)27-20(21)22)19(24)26-11-16(23)14-6-5-12-3-2-4-13(12)9-14/h5-10,20H,2-4,11H2,1H3. The van der Waals surface area contributed by atoms with Crippen LogP contribution in [0.1, 0.15) is 38.3 Å². The molecular formula is C20H18F2O5. The molecule has 0 heterocycles. The third-order valence-corrected chi connectivity index (χ3v) is 4.37. The minimum atomic E-state index is -3.01. The van der Waals surface area contributed by atoms with Crippen molar-refractivity contribution >= 4 is 11.8 Å². The number of methoxy groups -OCH3 is 1.